The van der Waals surface area contributed by atoms with Gasteiger partial charge in [0.25, 0.3) is 0 Å². The maximum Gasteiger partial charge on any atom is 0.342 e. The van der Waals surface area contributed by atoms with Gasteiger partial charge < -0.3 is 19.4 Å². The topological polar surface area (TPSA) is 94.1 Å². The highest BCUT2D eigenvalue weighted by molar-refractivity contribution is 5.98. The van der Waals surface area contributed by atoms with Gasteiger partial charge in [-0.3, -0.25) is 4.79 Å². The van der Waals surface area contributed by atoms with E-state index in [9.17, 15) is 14.7 Å². The lowest BCUT2D eigenvalue weighted by atomic mass is 9.83. The van der Waals surface area contributed by atoms with E-state index in [4.69, 9.17) is 14.3 Å². The largest absolute Gasteiger partial charge is 0.497 e. The SMILES string of the molecule is CCC(CC)(C(=O)O)C(=O)ONCc1ccc(OC)cc1OC. The molecule has 1 aromatic rings. The molecule has 0 heterocycles. The molecule has 23 heavy (non-hydrogen) atoms. The molecule has 0 bridgehead atoms. The predicted octanol–water partition coefficient (Wildman–Crippen LogP) is 2.14. The molecule has 0 unspecified atom stereocenters. The molecular weight excluding hydrogens is 302 g/mol. The van der Waals surface area contributed by atoms with Crippen molar-refractivity contribution < 1.29 is 29.0 Å². The van der Waals surface area contributed by atoms with E-state index < -0.39 is 17.4 Å². The number of rotatable bonds is 9. The molecule has 1 aromatic carbocycles. The Hall–Kier alpha value is -2.28. The van der Waals surface area contributed by atoms with Crippen LogP contribution < -0.4 is 15.0 Å². The van der Waals surface area contributed by atoms with Crippen molar-refractivity contribution in [3.63, 3.8) is 0 Å². The van der Waals surface area contributed by atoms with Crippen LogP contribution >= 0.6 is 0 Å². The molecule has 0 fully saturated rings. The molecule has 0 aliphatic rings. The quantitative estimate of drug-likeness (QED) is 0.530. The molecule has 0 atom stereocenters. The monoisotopic (exact) mass is 325 g/mol. The summed E-state index contributed by atoms with van der Waals surface area (Å²) in [4.78, 5) is 28.4. The van der Waals surface area contributed by atoms with Gasteiger partial charge in [0, 0.05) is 11.6 Å². The second-order valence-electron chi connectivity index (χ2n) is 4.98. The van der Waals surface area contributed by atoms with Crippen LogP contribution in [0.25, 0.3) is 0 Å². The molecule has 0 aliphatic heterocycles. The lowest BCUT2D eigenvalue weighted by Gasteiger charge is -2.23. The first-order valence-corrected chi connectivity index (χ1v) is 7.33. The summed E-state index contributed by atoms with van der Waals surface area (Å²) in [5, 5.41) is 9.29. The number of carbonyl (C=O) groups excluding carboxylic acids is 1. The molecule has 0 spiro atoms. The fourth-order valence-corrected chi connectivity index (χ4v) is 2.20. The maximum atomic E-state index is 12.1. The van der Waals surface area contributed by atoms with Gasteiger partial charge in [0.2, 0.25) is 0 Å². The Morgan fingerprint density at radius 3 is 2.30 bits per heavy atom. The number of carbonyl (C=O) groups is 2. The summed E-state index contributed by atoms with van der Waals surface area (Å²) in [6.07, 6.45) is 0.316. The van der Waals surface area contributed by atoms with Crippen LogP contribution in [0.15, 0.2) is 18.2 Å². The molecule has 128 valence electrons. The molecule has 0 radical (unpaired) electrons. The number of methoxy groups -OCH3 is 2. The van der Waals surface area contributed by atoms with Gasteiger partial charge in [0.05, 0.1) is 20.8 Å². The van der Waals surface area contributed by atoms with E-state index in [1.54, 1.807) is 39.2 Å². The van der Waals surface area contributed by atoms with Gasteiger partial charge >= 0.3 is 11.9 Å². The van der Waals surface area contributed by atoms with Crippen LogP contribution in [0.1, 0.15) is 32.3 Å². The maximum absolute atomic E-state index is 12.1. The summed E-state index contributed by atoms with van der Waals surface area (Å²) in [7, 11) is 3.07. The normalized spacial score (nSPS) is 11.0. The van der Waals surface area contributed by atoms with Gasteiger partial charge in [-0.25, -0.2) is 4.79 Å². The third-order valence-corrected chi connectivity index (χ3v) is 3.93. The van der Waals surface area contributed by atoms with Crippen molar-refractivity contribution in [2.75, 3.05) is 14.2 Å². The summed E-state index contributed by atoms with van der Waals surface area (Å²) in [6.45, 7) is 3.47. The van der Waals surface area contributed by atoms with Crippen LogP contribution in [0, 0.1) is 5.41 Å². The zero-order chi connectivity index (χ0) is 17.5. The Balaban J connectivity index is 2.73. The van der Waals surface area contributed by atoms with Crippen LogP contribution in [-0.4, -0.2) is 31.3 Å². The van der Waals surface area contributed by atoms with Crippen LogP contribution in [0.3, 0.4) is 0 Å². The second kappa shape index (κ2) is 8.38. The zero-order valence-electron chi connectivity index (χ0n) is 13.8. The van der Waals surface area contributed by atoms with Crippen LogP contribution in [-0.2, 0) is 21.0 Å². The average molecular weight is 325 g/mol. The predicted molar refractivity (Wildman–Crippen MR) is 83.1 cm³/mol. The minimum absolute atomic E-state index is 0.158. The third kappa shape index (κ3) is 4.13. The van der Waals surface area contributed by atoms with Gasteiger partial charge in [-0.15, -0.1) is 5.48 Å². The molecule has 0 amide bonds. The molecule has 0 aliphatic carbocycles. The molecule has 1 rings (SSSR count). The molecule has 0 saturated carbocycles. The zero-order valence-corrected chi connectivity index (χ0v) is 13.8. The Bertz CT molecular complexity index is 554. The van der Waals surface area contributed by atoms with E-state index >= 15 is 0 Å². The minimum atomic E-state index is -1.53. The number of aliphatic carboxylic acids is 1. The molecule has 0 saturated heterocycles. The molecule has 7 nitrogen and oxygen atoms in total. The van der Waals surface area contributed by atoms with E-state index in [1.807, 2.05) is 0 Å². The van der Waals surface area contributed by atoms with Gasteiger partial charge in [0.1, 0.15) is 11.5 Å². The van der Waals surface area contributed by atoms with Crippen LogP contribution in [0.2, 0.25) is 0 Å². The number of hydrogen-bond donors (Lipinski definition) is 2. The van der Waals surface area contributed by atoms with Crippen molar-refractivity contribution in [3.8, 4) is 11.5 Å². The van der Waals surface area contributed by atoms with Crippen molar-refractivity contribution in [3.05, 3.63) is 23.8 Å². The van der Waals surface area contributed by atoms with Gasteiger partial charge in [-0.1, -0.05) is 19.9 Å². The summed E-state index contributed by atoms with van der Waals surface area (Å²) < 4.78 is 10.3. The number of hydrogen-bond acceptors (Lipinski definition) is 6. The van der Waals surface area contributed by atoms with Gasteiger partial charge in [-0.05, 0) is 18.9 Å². The minimum Gasteiger partial charge on any atom is -0.497 e. The third-order valence-electron chi connectivity index (χ3n) is 3.93. The Morgan fingerprint density at radius 2 is 1.83 bits per heavy atom. The molecule has 2 N–H and O–H groups in total. The van der Waals surface area contributed by atoms with Crippen molar-refractivity contribution in [1.29, 1.82) is 0 Å². The Labute approximate surface area is 135 Å². The lowest BCUT2D eigenvalue weighted by Crippen LogP contribution is -2.41. The van der Waals surface area contributed by atoms with E-state index in [0.717, 1.165) is 5.56 Å². The summed E-state index contributed by atoms with van der Waals surface area (Å²) in [5.41, 5.74) is 1.72. The average Bonchev–Trinajstić information content (AvgIpc) is 2.56. The van der Waals surface area contributed by atoms with Crippen molar-refractivity contribution in [1.82, 2.24) is 5.48 Å². The lowest BCUT2D eigenvalue weighted by molar-refractivity contribution is -0.175. The van der Waals surface area contributed by atoms with E-state index in [-0.39, 0.29) is 19.4 Å². The number of carboxylic acid groups (broad SMARTS) is 1. The number of nitrogens with one attached hydrogen (secondary N) is 1. The van der Waals surface area contributed by atoms with E-state index in [1.165, 1.54) is 7.11 Å². The first-order chi connectivity index (χ1) is 10.9. The smallest absolute Gasteiger partial charge is 0.342 e. The summed E-state index contributed by atoms with van der Waals surface area (Å²) >= 11 is 0. The molecule has 7 heteroatoms. The Kier molecular flexibility index (Phi) is 6.84. The fraction of sp³-hybridized carbons (Fsp3) is 0.500. The van der Waals surface area contributed by atoms with Gasteiger partial charge in [-0.2, -0.15) is 0 Å². The van der Waals surface area contributed by atoms with E-state index in [0.29, 0.717) is 11.5 Å². The van der Waals surface area contributed by atoms with Crippen LogP contribution in [0.4, 0.5) is 0 Å². The molecule has 0 aromatic heterocycles. The van der Waals surface area contributed by atoms with Gasteiger partial charge in [0.15, 0.2) is 5.41 Å². The van der Waals surface area contributed by atoms with Crippen molar-refractivity contribution >= 4 is 11.9 Å². The summed E-state index contributed by atoms with van der Waals surface area (Å²) in [5.74, 6) is -0.772. The Morgan fingerprint density at radius 1 is 1.17 bits per heavy atom. The second-order valence-corrected chi connectivity index (χ2v) is 4.98. The summed E-state index contributed by atoms with van der Waals surface area (Å²) in [6, 6.07) is 5.22. The van der Waals surface area contributed by atoms with Crippen molar-refractivity contribution in [2.24, 2.45) is 5.41 Å². The highest BCUT2D eigenvalue weighted by Crippen LogP contribution is 2.28. The van der Waals surface area contributed by atoms with E-state index in [2.05, 4.69) is 5.48 Å². The first-order valence-electron chi connectivity index (χ1n) is 7.33. The molecular formula is C16H23NO6. The highest BCUT2D eigenvalue weighted by atomic mass is 16.7. The van der Waals surface area contributed by atoms with Crippen molar-refractivity contribution in [2.45, 2.75) is 33.2 Å². The number of carboxylic acids is 1. The number of ether oxygens (including phenoxy) is 2. The number of benzene rings is 1. The standard InChI is InChI=1S/C16H23NO6/c1-5-16(6-2,14(18)19)15(20)23-17-10-11-7-8-12(21-3)9-13(11)22-4/h7-9,17H,5-6,10H2,1-4H3,(H,18,19). The highest BCUT2D eigenvalue weighted by Gasteiger charge is 2.44. The fourth-order valence-electron chi connectivity index (χ4n) is 2.20. The number of hydroxylamine groups is 1. The first kappa shape index (κ1) is 18.8. The van der Waals surface area contributed by atoms with Crippen LogP contribution in [0.5, 0.6) is 11.5 Å².